The highest BCUT2D eigenvalue weighted by molar-refractivity contribution is 5.70. The van der Waals surface area contributed by atoms with Crippen LogP contribution in [0.5, 0.6) is 0 Å². The monoisotopic (exact) mass is 280 g/mol. The Kier molecular flexibility index (Phi) is 5.52. The number of nitrogens with one attached hydrogen (secondary N) is 1. The minimum absolute atomic E-state index is 0.190. The molecule has 112 valence electrons. The van der Waals surface area contributed by atoms with Crippen molar-refractivity contribution < 1.29 is 9.90 Å². The van der Waals surface area contributed by atoms with Gasteiger partial charge in [-0.15, -0.1) is 0 Å². The van der Waals surface area contributed by atoms with Crippen molar-refractivity contribution >= 4 is 5.97 Å². The zero-order valence-corrected chi connectivity index (χ0v) is 12.1. The summed E-state index contributed by atoms with van der Waals surface area (Å²) in [6.07, 6.45) is 6.60. The number of hydrogen-bond donors (Lipinski definition) is 2. The molecule has 0 saturated heterocycles. The zero-order valence-electron chi connectivity index (χ0n) is 12.1. The maximum Gasteiger partial charge on any atom is 0.306 e. The lowest BCUT2D eigenvalue weighted by Crippen LogP contribution is -2.35. The van der Waals surface area contributed by atoms with Gasteiger partial charge in [0.1, 0.15) is 12.2 Å². The summed E-state index contributed by atoms with van der Waals surface area (Å²) in [5.74, 6) is 0.328. The van der Waals surface area contributed by atoms with Crippen LogP contribution < -0.4 is 5.32 Å². The van der Waals surface area contributed by atoms with Crippen LogP contribution in [0.25, 0.3) is 0 Å². The smallest absolute Gasteiger partial charge is 0.306 e. The summed E-state index contributed by atoms with van der Waals surface area (Å²) in [5.41, 5.74) is 0. The zero-order chi connectivity index (χ0) is 14.4. The number of hydrogen-bond acceptors (Lipinski definition) is 4. The fraction of sp³-hybridized carbons (Fsp3) is 0.786. The second-order valence-electron chi connectivity index (χ2n) is 5.52. The molecule has 0 aliphatic heterocycles. The van der Waals surface area contributed by atoms with Crippen LogP contribution >= 0.6 is 0 Å². The Balaban J connectivity index is 1.82. The number of aryl methyl sites for hydroxylation is 1. The fourth-order valence-electron chi connectivity index (χ4n) is 2.97. The molecule has 2 unspecified atom stereocenters. The van der Waals surface area contributed by atoms with Gasteiger partial charge in [-0.1, -0.05) is 19.8 Å². The van der Waals surface area contributed by atoms with Crippen molar-refractivity contribution in [3.05, 3.63) is 12.2 Å². The minimum atomic E-state index is -0.648. The van der Waals surface area contributed by atoms with E-state index in [9.17, 15) is 9.90 Å². The molecule has 1 aliphatic rings. The summed E-state index contributed by atoms with van der Waals surface area (Å²) in [7, 11) is 0. The number of carbonyl (C=O) groups is 1. The molecule has 0 spiro atoms. The third-order valence-corrected chi connectivity index (χ3v) is 4.05. The van der Waals surface area contributed by atoms with Gasteiger partial charge >= 0.3 is 5.97 Å². The van der Waals surface area contributed by atoms with Crippen molar-refractivity contribution in [1.29, 1.82) is 0 Å². The predicted octanol–water partition coefficient (Wildman–Crippen LogP) is 1.67. The molecule has 1 aromatic rings. The number of aliphatic carboxylic acids is 1. The van der Waals surface area contributed by atoms with Gasteiger partial charge < -0.3 is 10.4 Å². The van der Waals surface area contributed by atoms with Crippen LogP contribution in [0.4, 0.5) is 0 Å². The quantitative estimate of drug-likeness (QED) is 0.794. The first kappa shape index (κ1) is 15.0. The van der Waals surface area contributed by atoms with E-state index in [1.807, 2.05) is 4.68 Å². The molecule has 2 N–H and O–H groups in total. The first-order valence-electron chi connectivity index (χ1n) is 7.52. The number of carboxylic acid groups (broad SMARTS) is 1. The summed E-state index contributed by atoms with van der Waals surface area (Å²) >= 11 is 0. The molecule has 2 rings (SSSR count). The van der Waals surface area contributed by atoms with E-state index in [1.165, 1.54) is 0 Å². The molecule has 0 amide bonds. The normalized spacial score (nSPS) is 22.9. The molecule has 2 atom stereocenters. The number of carboxylic acids is 1. The number of aromatic nitrogens is 3. The Bertz CT molecular complexity index is 433. The lowest BCUT2D eigenvalue weighted by molar-refractivity contribution is -0.144. The third kappa shape index (κ3) is 3.79. The first-order valence-corrected chi connectivity index (χ1v) is 7.52. The van der Waals surface area contributed by atoms with Gasteiger partial charge in [-0.2, -0.15) is 5.10 Å². The van der Waals surface area contributed by atoms with Crippen LogP contribution in [0.2, 0.25) is 0 Å². The summed E-state index contributed by atoms with van der Waals surface area (Å²) in [6, 6.07) is 0. The average Bonchev–Trinajstić information content (AvgIpc) is 2.87. The van der Waals surface area contributed by atoms with E-state index >= 15 is 0 Å². The fourth-order valence-corrected chi connectivity index (χ4v) is 2.97. The van der Waals surface area contributed by atoms with Crippen molar-refractivity contribution in [2.24, 2.45) is 11.8 Å². The van der Waals surface area contributed by atoms with Crippen LogP contribution in [0.1, 0.15) is 44.9 Å². The molecule has 1 aliphatic carbocycles. The van der Waals surface area contributed by atoms with Crippen molar-refractivity contribution in [3.8, 4) is 0 Å². The standard InChI is InChI=1S/C14H24N4O2/c1-2-7-18-13(16-10-17-18)9-15-8-11-5-3-4-6-12(11)14(19)20/h10-12,15H,2-9H2,1H3,(H,19,20). The van der Waals surface area contributed by atoms with Gasteiger partial charge in [0.15, 0.2) is 0 Å². The Labute approximate surface area is 119 Å². The van der Waals surface area contributed by atoms with E-state index in [4.69, 9.17) is 0 Å². The maximum atomic E-state index is 11.2. The van der Waals surface area contributed by atoms with Crippen LogP contribution in [0, 0.1) is 11.8 Å². The topological polar surface area (TPSA) is 80.0 Å². The van der Waals surface area contributed by atoms with Crippen LogP contribution in [0.15, 0.2) is 6.33 Å². The van der Waals surface area contributed by atoms with E-state index in [2.05, 4.69) is 22.3 Å². The summed E-state index contributed by atoms with van der Waals surface area (Å²) in [5, 5.41) is 16.8. The lowest BCUT2D eigenvalue weighted by atomic mass is 9.79. The van der Waals surface area contributed by atoms with Crippen LogP contribution in [0.3, 0.4) is 0 Å². The van der Waals surface area contributed by atoms with Gasteiger partial charge in [0.2, 0.25) is 0 Å². The van der Waals surface area contributed by atoms with Gasteiger partial charge in [0.05, 0.1) is 12.5 Å². The summed E-state index contributed by atoms with van der Waals surface area (Å²) < 4.78 is 1.91. The molecule has 0 bridgehead atoms. The summed E-state index contributed by atoms with van der Waals surface area (Å²) in [6.45, 7) is 4.38. The molecule has 0 aromatic carbocycles. The second kappa shape index (κ2) is 7.38. The molecule has 6 heteroatoms. The molecule has 1 aromatic heterocycles. The van der Waals surface area contributed by atoms with Crippen molar-refractivity contribution in [1.82, 2.24) is 20.1 Å². The van der Waals surface area contributed by atoms with Gasteiger partial charge in [-0.25, -0.2) is 9.67 Å². The molecule has 20 heavy (non-hydrogen) atoms. The van der Waals surface area contributed by atoms with Crippen molar-refractivity contribution in [3.63, 3.8) is 0 Å². The lowest BCUT2D eigenvalue weighted by Gasteiger charge is -2.28. The molecular weight excluding hydrogens is 256 g/mol. The van der Waals surface area contributed by atoms with Crippen molar-refractivity contribution in [2.75, 3.05) is 6.54 Å². The minimum Gasteiger partial charge on any atom is -0.481 e. The maximum absolute atomic E-state index is 11.2. The molecular formula is C14H24N4O2. The van der Waals surface area contributed by atoms with E-state index in [-0.39, 0.29) is 11.8 Å². The average molecular weight is 280 g/mol. The Morgan fingerprint density at radius 1 is 1.50 bits per heavy atom. The molecule has 1 heterocycles. The highest BCUT2D eigenvalue weighted by atomic mass is 16.4. The Morgan fingerprint density at radius 3 is 3.05 bits per heavy atom. The Morgan fingerprint density at radius 2 is 2.30 bits per heavy atom. The number of rotatable bonds is 7. The third-order valence-electron chi connectivity index (χ3n) is 4.05. The van der Waals surface area contributed by atoms with E-state index in [1.54, 1.807) is 6.33 Å². The Hall–Kier alpha value is -1.43. The first-order chi connectivity index (χ1) is 9.72. The molecule has 0 radical (unpaired) electrons. The molecule has 6 nitrogen and oxygen atoms in total. The van der Waals surface area contributed by atoms with Crippen LogP contribution in [-0.2, 0) is 17.9 Å². The van der Waals surface area contributed by atoms with Gasteiger partial charge in [-0.05, 0) is 31.7 Å². The van der Waals surface area contributed by atoms with E-state index < -0.39 is 5.97 Å². The number of nitrogens with zero attached hydrogens (tertiary/aromatic N) is 3. The highest BCUT2D eigenvalue weighted by Gasteiger charge is 2.30. The molecule has 1 saturated carbocycles. The van der Waals surface area contributed by atoms with Gasteiger partial charge in [-0.3, -0.25) is 4.79 Å². The van der Waals surface area contributed by atoms with Crippen LogP contribution in [-0.4, -0.2) is 32.4 Å². The van der Waals surface area contributed by atoms with E-state index in [0.29, 0.717) is 6.54 Å². The molecule has 1 fully saturated rings. The predicted molar refractivity (Wildman–Crippen MR) is 75.1 cm³/mol. The van der Waals surface area contributed by atoms with E-state index in [0.717, 1.165) is 51.0 Å². The van der Waals surface area contributed by atoms with Gasteiger partial charge in [0, 0.05) is 6.54 Å². The van der Waals surface area contributed by atoms with Gasteiger partial charge in [0.25, 0.3) is 0 Å². The largest absolute Gasteiger partial charge is 0.481 e. The SMILES string of the molecule is CCCn1ncnc1CNCC1CCCCC1C(=O)O. The summed E-state index contributed by atoms with van der Waals surface area (Å²) in [4.78, 5) is 15.5. The second-order valence-corrected chi connectivity index (χ2v) is 5.52. The van der Waals surface area contributed by atoms with Crippen molar-refractivity contribution in [2.45, 2.75) is 52.1 Å². The highest BCUT2D eigenvalue weighted by Crippen LogP contribution is 2.29.